The summed E-state index contributed by atoms with van der Waals surface area (Å²) in [5.41, 5.74) is 3.89. The second-order valence-corrected chi connectivity index (χ2v) is 17.3. The summed E-state index contributed by atoms with van der Waals surface area (Å²) in [4.78, 5) is 74.1. The number of aliphatic hydroxyl groups is 1. The Bertz CT molecular complexity index is 2220. The smallest absolute Gasteiger partial charge is 0.248 e. The van der Waals surface area contributed by atoms with E-state index in [1.54, 1.807) is 37.7 Å². The molecule has 0 unspecified atom stereocenters. The summed E-state index contributed by atoms with van der Waals surface area (Å²) in [6, 6.07) is 7.49. The number of nitrogens with zero attached hydrogens (tertiary/aromatic N) is 6. The second kappa shape index (κ2) is 21.2. The number of carbonyl (C=O) groups excluding carboxylic acids is 5. The van der Waals surface area contributed by atoms with E-state index < -0.39 is 6.61 Å². The molecular formula is C42H53Cl2N9O6S. The third-order valence-corrected chi connectivity index (χ3v) is 12.6. The fourth-order valence-electron chi connectivity index (χ4n) is 7.44. The van der Waals surface area contributed by atoms with Crippen LogP contribution in [0.25, 0.3) is 22.2 Å². The number of aliphatic hydroxyl groups excluding tert-OH is 1. The molecule has 1 saturated heterocycles. The van der Waals surface area contributed by atoms with E-state index in [-0.39, 0.29) is 42.6 Å². The Morgan fingerprint density at radius 1 is 0.967 bits per heavy atom. The molecule has 2 aliphatic rings. The third kappa shape index (κ3) is 11.5. The van der Waals surface area contributed by atoms with Crippen LogP contribution in [0.3, 0.4) is 0 Å². The highest BCUT2D eigenvalue weighted by atomic mass is 35.5. The highest BCUT2D eigenvalue weighted by molar-refractivity contribution is 7.16. The van der Waals surface area contributed by atoms with Crippen LogP contribution in [-0.2, 0) is 49.9 Å². The number of H-pyrrole nitrogens is 1. The SMILES string of the molecule is CN(C)C/C=C/C(=O)N1CCN(c2ccc(CCNC(=O)CCCCCCCNC(=O)Cn3ccc(-c4cc(Cl)c(Cl)c5[nH]c6c(c45)CN(C(=O)CO)CC6)n3)s2)C(=O)C1. The van der Waals surface area contributed by atoms with Gasteiger partial charge in [-0.2, -0.15) is 5.10 Å². The summed E-state index contributed by atoms with van der Waals surface area (Å²) >= 11 is 14.7. The van der Waals surface area contributed by atoms with Crippen LogP contribution in [0.1, 0.15) is 54.7 Å². The first-order chi connectivity index (χ1) is 28.9. The van der Waals surface area contributed by atoms with E-state index in [2.05, 4.69) is 20.7 Å². The van der Waals surface area contributed by atoms with Crippen LogP contribution in [0, 0.1) is 0 Å². The number of likely N-dealkylation sites (N-methyl/N-ethyl adjacent to an activating group) is 1. The lowest BCUT2D eigenvalue weighted by atomic mass is 9.99. The lowest BCUT2D eigenvalue weighted by Crippen LogP contribution is -2.51. The Morgan fingerprint density at radius 3 is 2.53 bits per heavy atom. The van der Waals surface area contributed by atoms with E-state index in [9.17, 15) is 29.1 Å². The molecule has 0 bridgehead atoms. The van der Waals surface area contributed by atoms with E-state index in [1.807, 2.05) is 37.2 Å². The number of aromatic amines is 1. The number of rotatable bonds is 19. The monoisotopic (exact) mass is 881 g/mol. The summed E-state index contributed by atoms with van der Waals surface area (Å²) in [5.74, 6) is -0.718. The maximum absolute atomic E-state index is 12.8. The van der Waals surface area contributed by atoms with E-state index in [0.717, 1.165) is 64.2 Å². The zero-order valence-electron chi connectivity index (χ0n) is 34.1. The van der Waals surface area contributed by atoms with Gasteiger partial charge in [0.25, 0.3) is 0 Å². The number of hydrogen-bond acceptors (Lipinski definition) is 9. The van der Waals surface area contributed by atoms with Gasteiger partial charge in [-0.1, -0.05) is 48.5 Å². The average molecular weight is 883 g/mol. The number of thiophene rings is 1. The molecule has 4 aromatic rings. The number of aromatic nitrogens is 3. The number of amides is 5. The molecule has 60 heavy (non-hydrogen) atoms. The third-order valence-electron chi connectivity index (χ3n) is 10.6. The van der Waals surface area contributed by atoms with Crippen LogP contribution in [0.5, 0.6) is 0 Å². The van der Waals surface area contributed by atoms with E-state index in [4.69, 9.17) is 23.2 Å². The molecule has 18 heteroatoms. The van der Waals surface area contributed by atoms with Gasteiger partial charge < -0.3 is 40.3 Å². The van der Waals surface area contributed by atoms with Gasteiger partial charge in [-0.25, -0.2) is 0 Å². The van der Waals surface area contributed by atoms with Gasteiger partial charge in [0.1, 0.15) is 19.7 Å². The molecule has 0 radical (unpaired) electrons. The first kappa shape index (κ1) is 44.8. The number of benzene rings is 1. The van der Waals surface area contributed by atoms with Gasteiger partial charge in [0.05, 0.1) is 26.3 Å². The molecule has 0 saturated carbocycles. The number of anilines is 1. The quantitative estimate of drug-likeness (QED) is 0.0793. The Hall–Kier alpha value is -4.74. The van der Waals surface area contributed by atoms with Gasteiger partial charge in [-0.05, 0) is 57.6 Å². The molecule has 2 aliphatic heterocycles. The summed E-state index contributed by atoms with van der Waals surface area (Å²) in [7, 11) is 3.86. The first-order valence-corrected chi connectivity index (χ1v) is 22.0. The van der Waals surface area contributed by atoms with E-state index in [1.165, 1.54) is 17.4 Å². The van der Waals surface area contributed by atoms with Crippen molar-refractivity contribution in [1.29, 1.82) is 0 Å². The van der Waals surface area contributed by atoms with Crippen molar-refractivity contribution in [3.63, 3.8) is 0 Å². The molecule has 4 N–H and O–H groups in total. The first-order valence-electron chi connectivity index (χ1n) is 20.4. The largest absolute Gasteiger partial charge is 0.387 e. The van der Waals surface area contributed by atoms with E-state index >= 15 is 0 Å². The molecule has 0 atom stereocenters. The number of piperazine rings is 1. The van der Waals surface area contributed by atoms with Crippen molar-refractivity contribution in [2.45, 2.75) is 64.5 Å². The normalized spacial score (nSPS) is 14.4. The zero-order valence-corrected chi connectivity index (χ0v) is 36.4. The van der Waals surface area contributed by atoms with Crippen molar-refractivity contribution in [3.8, 4) is 11.3 Å². The van der Waals surface area contributed by atoms with Crippen molar-refractivity contribution in [2.75, 3.05) is 71.4 Å². The highest BCUT2D eigenvalue weighted by Crippen LogP contribution is 2.42. The van der Waals surface area contributed by atoms with Crippen LogP contribution in [0.15, 0.2) is 42.6 Å². The lowest BCUT2D eigenvalue weighted by molar-refractivity contribution is -0.135. The Kier molecular flexibility index (Phi) is 15.8. The van der Waals surface area contributed by atoms with Gasteiger partial charge in [0.2, 0.25) is 29.5 Å². The Labute approximate surface area is 363 Å². The van der Waals surface area contributed by atoms with Gasteiger partial charge >= 0.3 is 0 Å². The minimum absolute atomic E-state index is 0.0219. The maximum atomic E-state index is 12.8. The maximum Gasteiger partial charge on any atom is 0.248 e. The summed E-state index contributed by atoms with van der Waals surface area (Å²) in [6.45, 7) is 3.02. The fraction of sp³-hybridized carbons (Fsp3) is 0.476. The Morgan fingerprint density at radius 2 is 1.75 bits per heavy atom. The number of halogens is 2. The molecule has 1 aromatic carbocycles. The van der Waals surface area contributed by atoms with Crippen molar-refractivity contribution < 1.29 is 29.1 Å². The molecule has 3 aromatic heterocycles. The lowest BCUT2D eigenvalue weighted by Gasteiger charge is -2.33. The van der Waals surface area contributed by atoms with Crippen molar-refractivity contribution >= 4 is 80.0 Å². The van der Waals surface area contributed by atoms with Crippen molar-refractivity contribution in [2.24, 2.45) is 0 Å². The van der Waals surface area contributed by atoms with E-state index in [0.29, 0.717) is 86.3 Å². The zero-order chi connectivity index (χ0) is 42.8. The molecule has 1 fully saturated rings. The van der Waals surface area contributed by atoms with Gasteiger partial charge in [-0.3, -0.25) is 28.7 Å². The van der Waals surface area contributed by atoms with Crippen LogP contribution in [0.2, 0.25) is 10.0 Å². The number of nitrogens with one attached hydrogen (secondary N) is 3. The van der Waals surface area contributed by atoms with Gasteiger partial charge in [0.15, 0.2) is 0 Å². The number of hydrogen-bond donors (Lipinski definition) is 4. The molecular weight excluding hydrogens is 829 g/mol. The molecule has 5 amide bonds. The minimum atomic E-state index is -0.555. The van der Waals surface area contributed by atoms with Crippen LogP contribution in [-0.4, -0.2) is 131 Å². The average Bonchev–Trinajstić information content (AvgIpc) is 3.99. The fourth-order valence-corrected chi connectivity index (χ4v) is 8.89. The standard InChI is InChI=1S/C42H53Cl2N9O6S/c1-49(2)18-8-10-36(57)51-21-22-53(37(58)26-51)39-12-11-28(60-39)13-17-46-34(55)9-6-4-3-5-7-16-45-35(56)25-52-20-15-33(48-52)29-23-31(43)41(44)42-40(29)30-24-50(38(59)27-54)19-14-32(30)47-42/h8,10-12,15,20,23,47,54H,3-7,9,13-14,16-19,21-22,24-27H2,1-2H3,(H,45,56)(H,46,55)/b10-8+. The molecule has 6 rings (SSSR count). The van der Waals surface area contributed by atoms with Crippen molar-refractivity contribution in [1.82, 2.24) is 40.1 Å². The predicted octanol–water partition coefficient (Wildman–Crippen LogP) is 4.39. The highest BCUT2D eigenvalue weighted by Gasteiger charge is 2.29. The summed E-state index contributed by atoms with van der Waals surface area (Å²) in [5, 5.41) is 22.5. The summed E-state index contributed by atoms with van der Waals surface area (Å²) < 4.78 is 1.58. The molecule has 5 heterocycles. The molecule has 15 nitrogen and oxygen atoms in total. The molecule has 0 aliphatic carbocycles. The minimum Gasteiger partial charge on any atom is -0.387 e. The molecule has 0 spiro atoms. The van der Waals surface area contributed by atoms with Crippen molar-refractivity contribution in [3.05, 3.63) is 68.8 Å². The predicted molar refractivity (Wildman–Crippen MR) is 234 cm³/mol. The number of carbonyl (C=O) groups is 5. The Balaban J connectivity index is 0.840. The second-order valence-electron chi connectivity index (χ2n) is 15.4. The molecule has 322 valence electrons. The number of unbranched alkanes of at least 4 members (excludes halogenated alkanes) is 4. The summed E-state index contributed by atoms with van der Waals surface area (Å²) in [6.07, 6.45) is 11.2. The van der Waals surface area contributed by atoms with Gasteiger partial charge in [-0.15, -0.1) is 11.3 Å². The van der Waals surface area contributed by atoms with Crippen LogP contribution in [0.4, 0.5) is 5.00 Å². The topological polar surface area (TPSA) is 176 Å². The van der Waals surface area contributed by atoms with Gasteiger partial charge in [0, 0.05) is 98.0 Å². The van der Waals surface area contributed by atoms with Crippen LogP contribution >= 0.6 is 34.5 Å². The number of fused-ring (bicyclic) bond motifs is 3. The van der Waals surface area contributed by atoms with Crippen LogP contribution < -0.4 is 15.5 Å².